The average Bonchev–Trinajstić information content (AvgIpc) is 2.75. The molecule has 0 spiro atoms. The van der Waals surface area contributed by atoms with Crippen molar-refractivity contribution in [2.45, 2.75) is 0 Å². The van der Waals surface area contributed by atoms with Crippen LogP contribution in [0.3, 0.4) is 0 Å². The zero-order valence-electron chi connectivity index (χ0n) is 9.67. The van der Waals surface area contributed by atoms with Gasteiger partial charge in [0.15, 0.2) is 0 Å². The number of nitrogens with zero attached hydrogens (tertiary/aromatic N) is 2. The molecule has 0 radical (unpaired) electrons. The van der Waals surface area contributed by atoms with E-state index in [2.05, 4.69) is 20.7 Å². The molecule has 2 aromatic heterocycles. The number of nitrogens with one attached hydrogen (secondary N) is 2. The normalized spacial score (nSPS) is 11.7. The van der Waals surface area contributed by atoms with Crippen LogP contribution in [0.2, 0.25) is 0 Å². The van der Waals surface area contributed by atoms with Gasteiger partial charge in [-0.3, -0.25) is 5.43 Å². The van der Waals surface area contributed by atoms with Crippen molar-refractivity contribution in [3.8, 4) is 0 Å². The van der Waals surface area contributed by atoms with Gasteiger partial charge in [-0.2, -0.15) is 4.98 Å². The van der Waals surface area contributed by atoms with Crippen LogP contribution in [-0.2, 0) is 9.84 Å². The summed E-state index contributed by atoms with van der Waals surface area (Å²) < 4.78 is 22.1. The van der Waals surface area contributed by atoms with Gasteiger partial charge in [0.2, 0.25) is 5.95 Å². The summed E-state index contributed by atoms with van der Waals surface area (Å²) in [6.45, 7) is 0.296. The number of fused-ring (bicyclic) bond motifs is 1. The van der Waals surface area contributed by atoms with E-state index in [1.807, 2.05) is 11.4 Å². The van der Waals surface area contributed by atoms with Gasteiger partial charge < -0.3 is 5.32 Å². The van der Waals surface area contributed by atoms with Crippen LogP contribution in [-0.4, -0.2) is 36.9 Å². The maximum absolute atomic E-state index is 11.1. The molecule has 0 saturated heterocycles. The molecule has 98 valence electrons. The maximum Gasteiger partial charge on any atom is 0.240 e. The quantitative estimate of drug-likeness (QED) is 0.540. The number of sulfone groups is 1. The van der Waals surface area contributed by atoms with Crippen LogP contribution in [0, 0.1) is 0 Å². The fourth-order valence-electron chi connectivity index (χ4n) is 1.41. The first kappa shape index (κ1) is 13.0. The lowest BCUT2D eigenvalue weighted by Gasteiger charge is -2.07. The third-order valence-electron chi connectivity index (χ3n) is 2.22. The van der Waals surface area contributed by atoms with E-state index in [1.165, 1.54) is 17.6 Å². The molecule has 0 saturated carbocycles. The number of rotatable bonds is 5. The van der Waals surface area contributed by atoms with Gasteiger partial charge >= 0.3 is 0 Å². The molecule has 0 fully saturated rings. The standard InChI is InChI=1S/C9H13N5O2S2/c1-18(15,16)5-3-11-7-6-2-4-17-8(6)13-9(12-7)14-10/h2,4H,3,5,10H2,1H3,(H2,11,12,13,14). The Morgan fingerprint density at radius 3 is 2.89 bits per heavy atom. The Morgan fingerprint density at radius 1 is 1.44 bits per heavy atom. The monoisotopic (exact) mass is 287 g/mol. The highest BCUT2D eigenvalue weighted by Gasteiger charge is 2.09. The predicted molar refractivity (Wildman–Crippen MR) is 73.4 cm³/mol. The average molecular weight is 287 g/mol. The molecular formula is C9H13N5O2S2. The zero-order chi connectivity index (χ0) is 13.2. The minimum Gasteiger partial charge on any atom is -0.368 e. The van der Waals surface area contributed by atoms with Crippen molar-refractivity contribution in [2.24, 2.45) is 5.84 Å². The fourth-order valence-corrected chi connectivity index (χ4v) is 2.65. The van der Waals surface area contributed by atoms with Crippen LogP contribution >= 0.6 is 11.3 Å². The molecule has 0 unspecified atom stereocenters. The van der Waals surface area contributed by atoms with Crippen LogP contribution in [0.1, 0.15) is 0 Å². The Morgan fingerprint density at radius 2 is 2.22 bits per heavy atom. The van der Waals surface area contributed by atoms with Crippen molar-refractivity contribution in [3.05, 3.63) is 11.4 Å². The van der Waals surface area contributed by atoms with Crippen molar-refractivity contribution >= 4 is 43.2 Å². The van der Waals surface area contributed by atoms with Gasteiger partial charge in [0.05, 0.1) is 11.1 Å². The summed E-state index contributed by atoms with van der Waals surface area (Å²) >= 11 is 1.47. The second kappa shape index (κ2) is 5.04. The summed E-state index contributed by atoms with van der Waals surface area (Å²) in [5.41, 5.74) is 2.38. The van der Waals surface area contributed by atoms with Gasteiger partial charge in [0, 0.05) is 12.8 Å². The molecule has 0 aliphatic rings. The molecule has 0 bridgehead atoms. The van der Waals surface area contributed by atoms with E-state index in [4.69, 9.17) is 5.84 Å². The first-order valence-corrected chi connectivity index (χ1v) is 8.07. The smallest absolute Gasteiger partial charge is 0.240 e. The van der Waals surface area contributed by atoms with Crippen molar-refractivity contribution < 1.29 is 8.42 Å². The molecule has 9 heteroatoms. The third-order valence-corrected chi connectivity index (χ3v) is 3.97. The molecule has 0 amide bonds. The Labute approximate surface area is 108 Å². The van der Waals surface area contributed by atoms with E-state index in [-0.39, 0.29) is 5.75 Å². The topological polar surface area (TPSA) is 110 Å². The van der Waals surface area contributed by atoms with Gasteiger partial charge in [-0.25, -0.2) is 19.2 Å². The van der Waals surface area contributed by atoms with Gasteiger partial charge in [0.25, 0.3) is 0 Å². The molecule has 0 atom stereocenters. The number of aromatic nitrogens is 2. The van der Waals surface area contributed by atoms with E-state index in [1.54, 1.807) is 0 Å². The Kier molecular flexibility index (Phi) is 3.64. The molecule has 2 aromatic rings. The van der Waals surface area contributed by atoms with Gasteiger partial charge in [0.1, 0.15) is 20.5 Å². The minimum absolute atomic E-state index is 0.0496. The summed E-state index contributed by atoms with van der Waals surface area (Å²) in [4.78, 5) is 9.14. The van der Waals surface area contributed by atoms with Crippen LogP contribution in [0.5, 0.6) is 0 Å². The molecule has 2 rings (SSSR count). The SMILES string of the molecule is CS(=O)(=O)CCNc1nc(NN)nc2sccc12. The largest absolute Gasteiger partial charge is 0.368 e. The first-order chi connectivity index (χ1) is 8.49. The second-order valence-electron chi connectivity index (χ2n) is 3.74. The summed E-state index contributed by atoms with van der Waals surface area (Å²) in [6, 6.07) is 1.88. The van der Waals surface area contributed by atoms with Gasteiger partial charge in [-0.15, -0.1) is 11.3 Å². The fraction of sp³-hybridized carbons (Fsp3) is 0.333. The number of thiophene rings is 1. The first-order valence-electron chi connectivity index (χ1n) is 5.13. The van der Waals surface area contributed by atoms with Crippen LogP contribution in [0.4, 0.5) is 11.8 Å². The lowest BCUT2D eigenvalue weighted by molar-refractivity contribution is 0.602. The summed E-state index contributed by atoms with van der Waals surface area (Å²) in [6.07, 6.45) is 1.20. The minimum atomic E-state index is -2.99. The number of hydrogen-bond acceptors (Lipinski definition) is 8. The third kappa shape index (κ3) is 3.06. The molecule has 18 heavy (non-hydrogen) atoms. The highest BCUT2D eigenvalue weighted by Crippen LogP contribution is 2.25. The predicted octanol–water partition coefficient (Wildman–Crippen LogP) is 0.433. The van der Waals surface area contributed by atoms with Crippen LogP contribution in [0.25, 0.3) is 10.2 Å². The maximum atomic E-state index is 11.1. The number of nitrogen functional groups attached to an aromatic ring is 1. The molecule has 0 aromatic carbocycles. The highest BCUT2D eigenvalue weighted by atomic mass is 32.2. The second-order valence-corrected chi connectivity index (χ2v) is 6.89. The summed E-state index contributed by atoms with van der Waals surface area (Å²) in [7, 11) is -2.99. The summed E-state index contributed by atoms with van der Waals surface area (Å²) in [5, 5.41) is 5.73. The van der Waals surface area contributed by atoms with Crippen LogP contribution < -0.4 is 16.6 Å². The van der Waals surface area contributed by atoms with Crippen LogP contribution in [0.15, 0.2) is 11.4 Å². The van der Waals surface area contributed by atoms with E-state index in [0.717, 1.165) is 10.2 Å². The van der Waals surface area contributed by atoms with E-state index in [9.17, 15) is 8.42 Å². The lowest BCUT2D eigenvalue weighted by atomic mass is 10.4. The number of hydrazine groups is 1. The van der Waals surface area contributed by atoms with Crippen molar-refractivity contribution in [1.82, 2.24) is 9.97 Å². The lowest BCUT2D eigenvalue weighted by Crippen LogP contribution is -2.16. The highest BCUT2D eigenvalue weighted by molar-refractivity contribution is 7.90. The molecule has 0 aliphatic heterocycles. The molecule has 4 N–H and O–H groups in total. The number of hydrogen-bond donors (Lipinski definition) is 3. The van der Waals surface area contributed by atoms with Crippen molar-refractivity contribution in [2.75, 3.05) is 29.3 Å². The van der Waals surface area contributed by atoms with Crippen molar-refractivity contribution in [3.63, 3.8) is 0 Å². The van der Waals surface area contributed by atoms with E-state index < -0.39 is 9.84 Å². The molecule has 0 aliphatic carbocycles. The number of anilines is 2. The Bertz CT molecular complexity index is 652. The van der Waals surface area contributed by atoms with Gasteiger partial charge in [-0.05, 0) is 11.4 Å². The van der Waals surface area contributed by atoms with E-state index >= 15 is 0 Å². The Balaban J connectivity index is 2.23. The van der Waals surface area contributed by atoms with Crippen molar-refractivity contribution in [1.29, 1.82) is 0 Å². The Hall–Kier alpha value is -1.45. The number of nitrogens with two attached hydrogens (primary N) is 1. The molecule has 2 heterocycles. The molecular weight excluding hydrogens is 274 g/mol. The molecule has 7 nitrogen and oxygen atoms in total. The zero-order valence-corrected chi connectivity index (χ0v) is 11.3. The van der Waals surface area contributed by atoms with Gasteiger partial charge in [-0.1, -0.05) is 0 Å². The summed E-state index contributed by atoms with van der Waals surface area (Å²) in [5.74, 6) is 6.21. The van der Waals surface area contributed by atoms with E-state index in [0.29, 0.717) is 18.3 Å².